The van der Waals surface area contributed by atoms with Crippen LogP contribution in [-0.4, -0.2) is 49.7 Å². The average molecular weight is 433 g/mol. The van der Waals surface area contributed by atoms with Crippen LogP contribution in [0.15, 0.2) is 46.4 Å². The van der Waals surface area contributed by atoms with Gasteiger partial charge in [0, 0.05) is 19.2 Å². The van der Waals surface area contributed by atoms with Gasteiger partial charge >= 0.3 is 0 Å². The number of hydrogen-bond donors (Lipinski definition) is 1. The van der Waals surface area contributed by atoms with Gasteiger partial charge < -0.3 is 4.74 Å². The monoisotopic (exact) mass is 432 g/mol. The second-order valence-corrected chi connectivity index (χ2v) is 9.00. The third-order valence-electron chi connectivity index (χ3n) is 5.04. The maximum Gasteiger partial charge on any atom is 0.295 e. The zero-order valence-electron chi connectivity index (χ0n) is 17.1. The summed E-state index contributed by atoms with van der Waals surface area (Å²) >= 11 is 0. The number of aryl methyl sites for hydroxylation is 2. The number of hydrogen-bond acceptors (Lipinski definition) is 7. The Labute approximate surface area is 175 Å². The zero-order chi connectivity index (χ0) is 21.9. The predicted molar refractivity (Wildman–Crippen MR) is 114 cm³/mol. The fourth-order valence-electron chi connectivity index (χ4n) is 3.03. The first kappa shape index (κ1) is 21.9. The van der Waals surface area contributed by atoms with Crippen LogP contribution in [0.2, 0.25) is 0 Å². The molecule has 2 aromatic rings. The Morgan fingerprint density at radius 1 is 1.13 bits per heavy atom. The van der Waals surface area contributed by atoms with Crippen LogP contribution in [0.4, 0.5) is 11.4 Å². The molecule has 0 aliphatic carbocycles. The number of sulfonamides is 1. The van der Waals surface area contributed by atoms with Gasteiger partial charge in [0.2, 0.25) is 10.0 Å². The van der Waals surface area contributed by atoms with E-state index < -0.39 is 14.9 Å². The fraction of sp³-hybridized carbons (Fsp3) is 0.350. The lowest BCUT2D eigenvalue weighted by molar-refractivity contribution is -0.384. The molecule has 1 fully saturated rings. The third kappa shape index (κ3) is 4.66. The molecule has 0 unspecified atom stereocenters. The number of anilines is 1. The molecule has 2 aromatic carbocycles. The Hall–Kier alpha value is -2.82. The minimum atomic E-state index is -3.83. The lowest BCUT2D eigenvalue weighted by Gasteiger charge is -2.26. The molecule has 0 amide bonds. The van der Waals surface area contributed by atoms with E-state index in [1.54, 1.807) is 6.92 Å². The molecule has 1 saturated heterocycles. The summed E-state index contributed by atoms with van der Waals surface area (Å²) in [5.74, 6) is 0. The molecule has 0 aromatic heterocycles. The first-order valence-corrected chi connectivity index (χ1v) is 10.9. The molecular formula is C20H24N4O5S. The highest BCUT2D eigenvalue weighted by Crippen LogP contribution is 2.29. The van der Waals surface area contributed by atoms with E-state index in [1.807, 2.05) is 32.0 Å². The van der Waals surface area contributed by atoms with Crippen LogP contribution in [0.25, 0.3) is 0 Å². The number of nitro groups is 1. The van der Waals surface area contributed by atoms with Crippen molar-refractivity contribution in [1.29, 1.82) is 0 Å². The van der Waals surface area contributed by atoms with Crippen LogP contribution < -0.4 is 5.43 Å². The van der Waals surface area contributed by atoms with Crippen molar-refractivity contribution < 1.29 is 18.1 Å². The van der Waals surface area contributed by atoms with Crippen molar-refractivity contribution in [1.82, 2.24) is 4.31 Å². The van der Waals surface area contributed by atoms with E-state index >= 15 is 0 Å². The van der Waals surface area contributed by atoms with Gasteiger partial charge in [-0.05, 0) is 55.7 Å². The fourth-order valence-corrected chi connectivity index (χ4v) is 4.46. The number of nitrogens with zero attached hydrogens (tertiary/aromatic N) is 3. The molecule has 3 rings (SSSR count). The highest BCUT2D eigenvalue weighted by atomic mass is 32.2. The van der Waals surface area contributed by atoms with E-state index in [4.69, 9.17) is 4.74 Å². The summed E-state index contributed by atoms with van der Waals surface area (Å²) < 4.78 is 32.0. The van der Waals surface area contributed by atoms with Crippen molar-refractivity contribution in [3.05, 3.63) is 63.2 Å². The van der Waals surface area contributed by atoms with Crippen LogP contribution >= 0.6 is 0 Å². The molecular weight excluding hydrogens is 408 g/mol. The van der Waals surface area contributed by atoms with E-state index in [2.05, 4.69) is 10.5 Å². The summed E-state index contributed by atoms with van der Waals surface area (Å²) in [5, 5.41) is 15.8. The zero-order valence-corrected chi connectivity index (χ0v) is 17.9. The summed E-state index contributed by atoms with van der Waals surface area (Å²) in [4.78, 5) is 10.8. The van der Waals surface area contributed by atoms with E-state index in [0.29, 0.717) is 18.9 Å². The lowest BCUT2D eigenvalue weighted by Crippen LogP contribution is -2.40. The molecule has 0 atom stereocenters. The first-order valence-electron chi connectivity index (χ1n) is 9.44. The average Bonchev–Trinajstić information content (AvgIpc) is 2.74. The van der Waals surface area contributed by atoms with Crippen LogP contribution in [-0.2, 0) is 14.8 Å². The van der Waals surface area contributed by atoms with Crippen molar-refractivity contribution in [3.63, 3.8) is 0 Å². The molecule has 1 N–H and O–H groups in total. The second-order valence-electron chi connectivity index (χ2n) is 7.06. The summed E-state index contributed by atoms with van der Waals surface area (Å²) in [7, 11) is -3.83. The highest BCUT2D eigenvalue weighted by Gasteiger charge is 2.28. The smallest absolute Gasteiger partial charge is 0.295 e. The van der Waals surface area contributed by atoms with Gasteiger partial charge in [-0.15, -0.1) is 0 Å². The quantitative estimate of drug-likeness (QED) is 0.426. The molecule has 0 bridgehead atoms. The normalized spacial score (nSPS) is 15.8. The molecule has 1 aliphatic heterocycles. The van der Waals surface area contributed by atoms with E-state index in [-0.39, 0.29) is 29.4 Å². The maximum atomic E-state index is 12.8. The van der Waals surface area contributed by atoms with E-state index in [1.165, 1.54) is 16.4 Å². The molecule has 0 spiro atoms. The van der Waals surface area contributed by atoms with Gasteiger partial charge in [0.15, 0.2) is 0 Å². The second kappa shape index (κ2) is 8.90. The van der Waals surface area contributed by atoms with Gasteiger partial charge in [0.1, 0.15) is 5.69 Å². The highest BCUT2D eigenvalue weighted by molar-refractivity contribution is 7.89. The Kier molecular flexibility index (Phi) is 6.49. The van der Waals surface area contributed by atoms with Crippen molar-refractivity contribution in [2.45, 2.75) is 25.7 Å². The van der Waals surface area contributed by atoms with Crippen LogP contribution in [0.1, 0.15) is 23.6 Å². The van der Waals surface area contributed by atoms with Gasteiger partial charge in [0.05, 0.1) is 28.7 Å². The number of nitrogens with one attached hydrogen (secondary N) is 1. The molecule has 1 heterocycles. The largest absolute Gasteiger partial charge is 0.379 e. The molecule has 10 heteroatoms. The minimum absolute atomic E-state index is 0.115. The van der Waals surface area contributed by atoms with Crippen LogP contribution in [0.5, 0.6) is 0 Å². The lowest BCUT2D eigenvalue weighted by atomic mass is 10.0. The number of hydrazone groups is 1. The molecule has 160 valence electrons. The minimum Gasteiger partial charge on any atom is -0.379 e. The summed E-state index contributed by atoms with van der Waals surface area (Å²) in [6, 6.07) is 9.67. The van der Waals surface area contributed by atoms with Crippen LogP contribution in [0.3, 0.4) is 0 Å². The van der Waals surface area contributed by atoms with Crippen molar-refractivity contribution in [2.75, 3.05) is 31.7 Å². The van der Waals surface area contributed by atoms with Crippen LogP contribution in [0, 0.1) is 24.0 Å². The molecule has 30 heavy (non-hydrogen) atoms. The Balaban J connectivity index is 1.88. The molecule has 9 nitrogen and oxygen atoms in total. The van der Waals surface area contributed by atoms with Crippen molar-refractivity contribution >= 4 is 27.1 Å². The van der Waals surface area contributed by atoms with Gasteiger partial charge in [-0.25, -0.2) is 8.42 Å². The van der Waals surface area contributed by atoms with Gasteiger partial charge in [-0.1, -0.05) is 12.1 Å². The third-order valence-corrected chi connectivity index (χ3v) is 6.94. The first-order chi connectivity index (χ1) is 14.2. The molecule has 1 aliphatic rings. The van der Waals surface area contributed by atoms with Gasteiger partial charge in [-0.2, -0.15) is 9.41 Å². The molecule has 0 saturated carbocycles. The summed E-state index contributed by atoms with van der Waals surface area (Å²) in [5.41, 5.74) is 6.27. The Morgan fingerprint density at radius 3 is 2.47 bits per heavy atom. The number of benzene rings is 2. The summed E-state index contributed by atoms with van der Waals surface area (Å²) in [6.07, 6.45) is 0. The molecule has 0 radical (unpaired) electrons. The standard InChI is InChI=1S/C20H24N4O5S/c1-14-4-5-17(12-15(14)2)16(3)21-22-19-7-6-18(13-20(19)24(25)26)30(27,28)23-8-10-29-11-9-23/h4-7,12-13,22H,8-11H2,1-3H3. The maximum absolute atomic E-state index is 12.8. The van der Waals surface area contributed by atoms with E-state index in [9.17, 15) is 18.5 Å². The number of rotatable bonds is 6. The predicted octanol–water partition coefficient (Wildman–Crippen LogP) is 3.07. The van der Waals surface area contributed by atoms with Gasteiger partial charge in [0.25, 0.3) is 5.69 Å². The van der Waals surface area contributed by atoms with Crippen molar-refractivity contribution in [2.24, 2.45) is 5.10 Å². The number of ether oxygens (including phenoxy) is 1. The number of nitro benzene ring substituents is 1. The van der Waals surface area contributed by atoms with E-state index in [0.717, 1.165) is 22.8 Å². The summed E-state index contributed by atoms with van der Waals surface area (Å²) in [6.45, 7) is 6.84. The van der Waals surface area contributed by atoms with Crippen molar-refractivity contribution in [3.8, 4) is 0 Å². The number of morpholine rings is 1. The Bertz CT molecular complexity index is 1090. The Morgan fingerprint density at radius 2 is 1.83 bits per heavy atom. The topological polar surface area (TPSA) is 114 Å². The van der Waals surface area contributed by atoms with Gasteiger partial charge in [-0.3, -0.25) is 15.5 Å². The SMILES string of the molecule is CC(=NNc1ccc(S(=O)(=O)N2CCOCC2)cc1[N+](=O)[O-])c1ccc(C)c(C)c1.